The SMILES string of the molecule is CCOc1ccc(C(C(=O)N2CCC(C)CC2)n2cnc(NC(=O)[C@@H](COCc3ccccc3)NC(=O)C(C)(C)NC(=O)OC(C)(C)C)c2)cc1. The fourth-order valence-corrected chi connectivity index (χ4v) is 5.52. The Labute approximate surface area is 300 Å². The van der Waals surface area contributed by atoms with Gasteiger partial charge in [-0.05, 0) is 83.6 Å². The van der Waals surface area contributed by atoms with Gasteiger partial charge in [0, 0.05) is 19.3 Å². The molecule has 51 heavy (non-hydrogen) atoms. The summed E-state index contributed by atoms with van der Waals surface area (Å²) in [5.41, 5.74) is -0.561. The van der Waals surface area contributed by atoms with Crippen LogP contribution in [-0.4, -0.2) is 81.8 Å². The van der Waals surface area contributed by atoms with Gasteiger partial charge in [-0.3, -0.25) is 14.4 Å². The number of ether oxygens (including phenoxy) is 3. The number of nitrogens with zero attached hydrogens (tertiary/aromatic N) is 3. The number of rotatable bonds is 14. The van der Waals surface area contributed by atoms with E-state index in [0.717, 1.165) is 24.0 Å². The molecule has 1 aliphatic rings. The van der Waals surface area contributed by atoms with Gasteiger partial charge in [0.15, 0.2) is 5.82 Å². The lowest BCUT2D eigenvalue weighted by molar-refractivity contribution is -0.135. The zero-order valence-electron chi connectivity index (χ0n) is 30.7. The molecule has 1 fully saturated rings. The number of imidazole rings is 1. The number of hydrogen-bond donors (Lipinski definition) is 3. The largest absolute Gasteiger partial charge is 0.494 e. The Morgan fingerprint density at radius 3 is 2.25 bits per heavy atom. The number of aromatic nitrogens is 2. The first-order valence-corrected chi connectivity index (χ1v) is 17.4. The molecule has 276 valence electrons. The second-order valence-corrected chi connectivity index (χ2v) is 14.4. The van der Waals surface area contributed by atoms with Crippen LogP contribution in [0.4, 0.5) is 10.6 Å². The molecule has 13 nitrogen and oxygen atoms in total. The third-order valence-corrected chi connectivity index (χ3v) is 8.39. The van der Waals surface area contributed by atoms with Crippen LogP contribution < -0.4 is 20.7 Å². The Morgan fingerprint density at radius 1 is 0.961 bits per heavy atom. The number of carbonyl (C=O) groups is 4. The van der Waals surface area contributed by atoms with E-state index < -0.39 is 41.1 Å². The van der Waals surface area contributed by atoms with Gasteiger partial charge in [-0.25, -0.2) is 9.78 Å². The first-order chi connectivity index (χ1) is 24.1. The molecular formula is C38H52N6O7. The molecule has 1 unspecified atom stereocenters. The average molecular weight is 705 g/mol. The van der Waals surface area contributed by atoms with Crippen LogP contribution in [0.25, 0.3) is 0 Å². The van der Waals surface area contributed by atoms with E-state index in [1.54, 1.807) is 31.5 Å². The molecule has 4 amide bonds. The van der Waals surface area contributed by atoms with Crippen molar-refractivity contribution < 1.29 is 33.4 Å². The van der Waals surface area contributed by atoms with Crippen LogP contribution in [0.2, 0.25) is 0 Å². The third kappa shape index (κ3) is 11.6. The Balaban J connectivity index is 1.53. The molecule has 0 spiro atoms. The lowest BCUT2D eigenvalue weighted by Crippen LogP contribution is -2.59. The standard InChI is InChI=1S/C38H52N6O7/c1-8-50-29-16-14-28(15-17-29)32(34(46)43-20-18-26(2)19-21-43)44-22-31(39-25-44)41-33(45)30(24-49-23-27-12-10-9-11-13-27)40-35(47)38(6,7)42-36(48)51-37(3,4)5/h9-17,22,25-26,30,32H,8,18-21,23-24H2,1-7H3,(H,40,47)(H,41,45)(H,42,48)/t30-,32?/m1/s1. The number of benzene rings is 2. The van der Waals surface area contributed by atoms with E-state index >= 15 is 0 Å². The first-order valence-electron chi connectivity index (χ1n) is 17.4. The van der Waals surface area contributed by atoms with Gasteiger partial charge in [-0.15, -0.1) is 0 Å². The van der Waals surface area contributed by atoms with E-state index in [2.05, 4.69) is 27.9 Å². The third-order valence-electron chi connectivity index (χ3n) is 8.39. The molecule has 13 heteroatoms. The van der Waals surface area contributed by atoms with Crippen molar-refractivity contribution in [3.8, 4) is 5.75 Å². The Kier molecular flexibility index (Phi) is 13.2. The zero-order valence-corrected chi connectivity index (χ0v) is 30.7. The maximum Gasteiger partial charge on any atom is 0.408 e. The van der Waals surface area contributed by atoms with Gasteiger partial charge in [-0.1, -0.05) is 49.4 Å². The quantitative estimate of drug-likeness (QED) is 0.210. The fraction of sp³-hybridized carbons (Fsp3) is 0.500. The van der Waals surface area contributed by atoms with Gasteiger partial charge in [0.1, 0.15) is 29.0 Å². The minimum atomic E-state index is -1.43. The number of amides is 4. The van der Waals surface area contributed by atoms with Gasteiger partial charge in [0.05, 0.1) is 26.1 Å². The van der Waals surface area contributed by atoms with Crippen LogP contribution in [-0.2, 0) is 30.5 Å². The van der Waals surface area contributed by atoms with Crippen LogP contribution in [0.3, 0.4) is 0 Å². The van der Waals surface area contributed by atoms with Gasteiger partial charge < -0.3 is 39.6 Å². The second kappa shape index (κ2) is 17.3. The van der Waals surface area contributed by atoms with E-state index in [-0.39, 0.29) is 24.9 Å². The highest BCUT2D eigenvalue weighted by Crippen LogP contribution is 2.27. The van der Waals surface area contributed by atoms with Crippen molar-refractivity contribution in [3.63, 3.8) is 0 Å². The smallest absolute Gasteiger partial charge is 0.408 e. The second-order valence-electron chi connectivity index (χ2n) is 14.4. The van der Waals surface area contributed by atoms with E-state index in [0.29, 0.717) is 31.4 Å². The van der Waals surface area contributed by atoms with Crippen molar-refractivity contribution in [1.29, 1.82) is 0 Å². The summed E-state index contributed by atoms with van der Waals surface area (Å²) in [6.45, 7) is 14.2. The molecule has 2 heterocycles. The highest BCUT2D eigenvalue weighted by Gasteiger charge is 2.35. The lowest BCUT2D eigenvalue weighted by atomic mass is 9.97. The summed E-state index contributed by atoms with van der Waals surface area (Å²) in [5, 5.41) is 8.05. The molecule has 0 radical (unpaired) electrons. The van der Waals surface area contributed by atoms with Gasteiger partial charge >= 0.3 is 6.09 Å². The molecule has 0 saturated carbocycles. The molecule has 1 aliphatic heterocycles. The number of carbonyl (C=O) groups excluding carboxylic acids is 4. The average Bonchev–Trinajstić information content (AvgIpc) is 3.52. The fourth-order valence-electron chi connectivity index (χ4n) is 5.52. The van der Waals surface area contributed by atoms with E-state index in [4.69, 9.17) is 14.2 Å². The number of nitrogens with one attached hydrogen (secondary N) is 3. The molecule has 1 aromatic heterocycles. The summed E-state index contributed by atoms with van der Waals surface area (Å²) in [5.74, 6) is 0.148. The highest BCUT2D eigenvalue weighted by atomic mass is 16.6. The molecule has 3 aromatic rings. The Bertz CT molecular complexity index is 1610. The van der Waals surface area contributed by atoms with Gasteiger partial charge in [0.2, 0.25) is 11.8 Å². The maximum atomic E-state index is 14.0. The molecular weight excluding hydrogens is 652 g/mol. The first kappa shape index (κ1) is 38.9. The molecule has 4 rings (SSSR count). The van der Waals surface area contributed by atoms with Crippen molar-refractivity contribution in [3.05, 3.63) is 78.2 Å². The van der Waals surface area contributed by atoms with Crippen LogP contribution in [0, 0.1) is 5.92 Å². The van der Waals surface area contributed by atoms with Crippen molar-refractivity contribution >= 4 is 29.6 Å². The Hall–Kier alpha value is -4.91. The number of likely N-dealkylation sites (tertiary alicyclic amines) is 1. The molecule has 0 bridgehead atoms. The zero-order chi connectivity index (χ0) is 37.2. The normalized spacial score (nSPS) is 15.0. The van der Waals surface area contributed by atoms with Gasteiger partial charge in [-0.2, -0.15) is 0 Å². The highest BCUT2D eigenvalue weighted by molar-refractivity contribution is 5.98. The van der Waals surface area contributed by atoms with E-state index in [1.807, 2.05) is 66.4 Å². The Morgan fingerprint density at radius 2 is 1.63 bits per heavy atom. The van der Waals surface area contributed by atoms with E-state index in [1.165, 1.54) is 20.2 Å². The number of alkyl carbamates (subject to hydrolysis) is 1. The van der Waals surface area contributed by atoms with Crippen molar-refractivity contribution in [1.82, 2.24) is 25.1 Å². The van der Waals surface area contributed by atoms with E-state index in [9.17, 15) is 19.2 Å². The minimum absolute atomic E-state index is 0.0690. The predicted octanol–water partition coefficient (Wildman–Crippen LogP) is 5.07. The molecule has 2 aromatic carbocycles. The summed E-state index contributed by atoms with van der Waals surface area (Å²) in [4.78, 5) is 59.9. The van der Waals surface area contributed by atoms with Crippen LogP contribution in [0.15, 0.2) is 67.1 Å². The van der Waals surface area contributed by atoms with Crippen LogP contribution in [0.1, 0.15) is 78.5 Å². The van der Waals surface area contributed by atoms with Crippen molar-refractivity contribution in [2.45, 2.75) is 91.1 Å². The molecule has 3 N–H and O–H groups in total. The van der Waals surface area contributed by atoms with Gasteiger partial charge in [0.25, 0.3) is 5.91 Å². The number of piperidine rings is 1. The monoisotopic (exact) mass is 704 g/mol. The number of anilines is 1. The van der Waals surface area contributed by atoms with Crippen molar-refractivity contribution in [2.75, 3.05) is 31.6 Å². The minimum Gasteiger partial charge on any atom is -0.494 e. The molecule has 0 aliphatic carbocycles. The summed E-state index contributed by atoms with van der Waals surface area (Å²) in [7, 11) is 0. The molecule has 1 saturated heterocycles. The van der Waals surface area contributed by atoms with Crippen LogP contribution in [0.5, 0.6) is 5.75 Å². The van der Waals surface area contributed by atoms with Crippen LogP contribution >= 0.6 is 0 Å². The maximum absolute atomic E-state index is 14.0. The summed E-state index contributed by atoms with van der Waals surface area (Å²) in [6, 6.07) is 14.9. The summed E-state index contributed by atoms with van der Waals surface area (Å²) >= 11 is 0. The van der Waals surface area contributed by atoms with Crippen molar-refractivity contribution in [2.24, 2.45) is 5.92 Å². The summed E-state index contributed by atoms with van der Waals surface area (Å²) < 4.78 is 18.5. The predicted molar refractivity (Wildman–Crippen MR) is 193 cm³/mol. The summed E-state index contributed by atoms with van der Waals surface area (Å²) in [6.07, 6.45) is 4.19. The lowest BCUT2D eigenvalue weighted by Gasteiger charge is -2.33. The molecule has 2 atom stereocenters. The topological polar surface area (TPSA) is 153 Å². The number of hydrogen-bond acceptors (Lipinski definition) is 8.